The van der Waals surface area contributed by atoms with Crippen LogP contribution in [-0.4, -0.2) is 25.1 Å². The zero-order valence-electron chi connectivity index (χ0n) is 15.6. The lowest BCUT2D eigenvalue weighted by molar-refractivity contribution is -0.0820. The zero-order chi connectivity index (χ0) is 17.1. The van der Waals surface area contributed by atoms with E-state index in [1.165, 1.54) is 38.5 Å². The molecule has 0 aromatic carbocycles. The van der Waals surface area contributed by atoms with Crippen LogP contribution in [0.4, 0.5) is 8.78 Å². The van der Waals surface area contributed by atoms with Crippen LogP contribution in [0.25, 0.3) is 0 Å². The molecule has 3 heteroatoms. The topological polar surface area (TPSA) is 9.23 Å². The standard InChI is InChI=1S/C21H36F2O/c1-3-5-14-12-16-8-6-15(7-9-17(16)13-14)18-10-11-19(24-4-2)21(23)20(18)22/h14-21H,3-13H2,1-2H3. The molecule has 0 heterocycles. The molecule has 3 fully saturated rings. The molecule has 24 heavy (non-hydrogen) atoms. The Labute approximate surface area is 146 Å². The van der Waals surface area contributed by atoms with Gasteiger partial charge in [0.15, 0.2) is 6.17 Å². The third kappa shape index (κ3) is 3.97. The Bertz CT molecular complexity index is 372. The van der Waals surface area contributed by atoms with Crippen molar-refractivity contribution in [3.8, 4) is 0 Å². The van der Waals surface area contributed by atoms with Crippen LogP contribution in [0.3, 0.4) is 0 Å². The average Bonchev–Trinajstić information content (AvgIpc) is 2.85. The highest BCUT2D eigenvalue weighted by Crippen LogP contribution is 2.49. The van der Waals surface area contributed by atoms with Crippen molar-refractivity contribution >= 4 is 0 Å². The predicted molar refractivity (Wildman–Crippen MR) is 94.5 cm³/mol. The maximum atomic E-state index is 14.7. The molecule has 0 aromatic rings. The van der Waals surface area contributed by atoms with Gasteiger partial charge in [0.1, 0.15) is 6.17 Å². The molecule has 3 saturated carbocycles. The SMILES string of the molecule is CCCC1CC2CCC(C3CCC(OCC)C(F)C3F)CCC2C1. The van der Waals surface area contributed by atoms with Gasteiger partial charge < -0.3 is 4.74 Å². The number of alkyl halides is 2. The molecule has 3 rings (SSSR count). The maximum Gasteiger partial charge on any atom is 0.157 e. The van der Waals surface area contributed by atoms with Crippen molar-refractivity contribution in [1.29, 1.82) is 0 Å². The van der Waals surface area contributed by atoms with E-state index in [2.05, 4.69) is 6.92 Å². The van der Waals surface area contributed by atoms with Crippen LogP contribution in [0.1, 0.15) is 78.1 Å². The van der Waals surface area contributed by atoms with Crippen LogP contribution in [-0.2, 0) is 4.74 Å². The third-order valence-corrected chi connectivity index (χ3v) is 7.29. The molecule has 6 unspecified atom stereocenters. The number of ether oxygens (including phenoxy) is 1. The second-order valence-corrected chi connectivity index (χ2v) is 8.68. The summed E-state index contributed by atoms with van der Waals surface area (Å²) in [5.74, 6) is 3.00. The largest absolute Gasteiger partial charge is 0.375 e. The van der Waals surface area contributed by atoms with Gasteiger partial charge in [0.05, 0.1) is 6.10 Å². The summed E-state index contributed by atoms with van der Waals surface area (Å²) in [5.41, 5.74) is 0. The lowest BCUT2D eigenvalue weighted by Gasteiger charge is -2.38. The van der Waals surface area contributed by atoms with E-state index >= 15 is 0 Å². The first-order chi connectivity index (χ1) is 11.6. The van der Waals surface area contributed by atoms with Gasteiger partial charge in [-0.1, -0.05) is 19.8 Å². The summed E-state index contributed by atoms with van der Waals surface area (Å²) < 4.78 is 34.5. The van der Waals surface area contributed by atoms with Gasteiger partial charge >= 0.3 is 0 Å². The molecule has 0 saturated heterocycles. The van der Waals surface area contributed by atoms with Gasteiger partial charge in [0, 0.05) is 6.61 Å². The van der Waals surface area contributed by atoms with E-state index < -0.39 is 18.4 Å². The van der Waals surface area contributed by atoms with Crippen molar-refractivity contribution in [2.24, 2.45) is 29.6 Å². The van der Waals surface area contributed by atoms with Gasteiger partial charge in [-0.2, -0.15) is 0 Å². The molecular weight excluding hydrogens is 306 g/mol. The maximum absolute atomic E-state index is 14.7. The van der Waals surface area contributed by atoms with Crippen molar-refractivity contribution in [2.45, 2.75) is 96.5 Å². The van der Waals surface area contributed by atoms with Gasteiger partial charge in [-0.25, -0.2) is 8.78 Å². The molecule has 3 aliphatic rings. The summed E-state index contributed by atoms with van der Waals surface area (Å²) in [7, 11) is 0. The molecule has 0 aliphatic heterocycles. The minimum Gasteiger partial charge on any atom is -0.375 e. The Morgan fingerprint density at radius 3 is 2.00 bits per heavy atom. The normalized spacial score (nSPS) is 46.5. The van der Waals surface area contributed by atoms with E-state index in [1.807, 2.05) is 6.92 Å². The summed E-state index contributed by atoms with van der Waals surface area (Å²) in [6.07, 6.45) is 8.49. The van der Waals surface area contributed by atoms with Crippen molar-refractivity contribution < 1.29 is 13.5 Å². The monoisotopic (exact) mass is 342 g/mol. The minimum absolute atomic E-state index is 0.0676. The highest BCUT2D eigenvalue weighted by Gasteiger charge is 2.45. The van der Waals surface area contributed by atoms with E-state index in [1.54, 1.807) is 0 Å². The second kappa shape index (κ2) is 8.47. The van der Waals surface area contributed by atoms with Crippen LogP contribution >= 0.6 is 0 Å². The summed E-state index contributed by atoms with van der Waals surface area (Å²) in [5, 5.41) is 0. The molecule has 140 valence electrons. The molecule has 0 N–H and O–H groups in total. The van der Waals surface area contributed by atoms with Crippen molar-refractivity contribution in [1.82, 2.24) is 0 Å². The van der Waals surface area contributed by atoms with Crippen molar-refractivity contribution in [3.05, 3.63) is 0 Å². The summed E-state index contributed by atoms with van der Waals surface area (Å²) in [4.78, 5) is 0. The number of hydrogen-bond donors (Lipinski definition) is 0. The molecule has 0 amide bonds. The molecular formula is C21H36F2O. The number of fused-ring (bicyclic) bond motifs is 1. The summed E-state index contributed by atoms with van der Waals surface area (Å²) in [6, 6.07) is 0. The van der Waals surface area contributed by atoms with E-state index in [9.17, 15) is 8.78 Å². The highest BCUT2D eigenvalue weighted by atomic mass is 19.2. The Balaban J connectivity index is 1.54. The average molecular weight is 343 g/mol. The van der Waals surface area contributed by atoms with Crippen LogP contribution < -0.4 is 0 Å². The molecule has 0 bridgehead atoms. The van der Waals surface area contributed by atoms with E-state index in [0.29, 0.717) is 18.9 Å². The molecule has 6 atom stereocenters. The lowest BCUT2D eigenvalue weighted by atomic mass is 9.73. The molecule has 0 spiro atoms. The Hall–Kier alpha value is -0.180. The minimum atomic E-state index is -1.42. The molecule has 3 aliphatic carbocycles. The number of hydrogen-bond acceptors (Lipinski definition) is 1. The third-order valence-electron chi connectivity index (χ3n) is 7.29. The first kappa shape index (κ1) is 18.6. The van der Waals surface area contributed by atoms with Gasteiger partial charge in [-0.3, -0.25) is 0 Å². The van der Waals surface area contributed by atoms with E-state index in [0.717, 1.165) is 37.0 Å². The fraction of sp³-hybridized carbons (Fsp3) is 1.00. The van der Waals surface area contributed by atoms with Gasteiger partial charge in [-0.05, 0) is 87.9 Å². The Morgan fingerprint density at radius 1 is 0.792 bits per heavy atom. The Kier molecular flexibility index (Phi) is 6.56. The highest BCUT2D eigenvalue weighted by molar-refractivity contribution is 4.94. The zero-order valence-corrected chi connectivity index (χ0v) is 15.6. The quantitative estimate of drug-likeness (QED) is 0.585. The fourth-order valence-electron chi connectivity index (χ4n) is 6.12. The van der Waals surface area contributed by atoms with Crippen LogP contribution in [0.2, 0.25) is 0 Å². The van der Waals surface area contributed by atoms with Crippen molar-refractivity contribution in [2.75, 3.05) is 6.61 Å². The van der Waals surface area contributed by atoms with Crippen LogP contribution in [0.15, 0.2) is 0 Å². The van der Waals surface area contributed by atoms with Gasteiger partial charge in [0.25, 0.3) is 0 Å². The van der Waals surface area contributed by atoms with Crippen LogP contribution in [0, 0.1) is 29.6 Å². The number of halogens is 2. The van der Waals surface area contributed by atoms with Gasteiger partial charge in [0.2, 0.25) is 0 Å². The molecule has 1 nitrogen and oxygen atoms in total. The fourth-order valence-corrected chi connectivity index (χ4v) is 6.12. The lowest BCUT2D eigenvalue weighted by Crippen LogP contribution is -2.45. The number of rotatable bonds is 5. The summed E-state index contributed by atoms with van der Waals surface area (Å²) >= 11 is 0. The molecule has 0 aromatic heterocycles. The molecule has 0 radical (unpaired) electrons. The smallest absolute Gasteiger partial charge is 0.157 e. The van der Waals surface area contributed by atoms with Crippen LogP contribution in [0.5, 0.6) is 0 Å². The predicted octanol–water partition coefficient (Wildman–Crippen LogP) is 6.11. The van der Waals surface area contributed by atoms with E-state index in [4.69, 9.17) is 4.74 Å². The Morgan fingerprint density at radius 2 is 1.42 bits per heavy atom. The second-order valence-electron chi connectivity index (χ2n) is 8.68. The first-order valence-corrected chi connectivity index (χ1v) is 10.5. The summed E-state index contributed by atoms with van der Waals surface area (Å²) in [6.45, 7) is 4.63. The van der Waals surface area contributed by atoms with Crippen molar-refractivity contribution in [3.63, 3.8) is 0 Å². The van der Waals surface area contributed by atoms with Gasteiger partial charge in [-0.15, -0.1) is 0 Å². The van der Waals surface area contributed by atoms with E-state index in [-0.39, 0.29) is 5.92 Å². The first-order valence-electron chi connectivity index (χ1n) is 10.5.